The van der Waals surface area contributed by atoms with Crippen LogP contribution in [0.15, 0.2) is 54.6 Å². The summed E-state index contributed by atoms with van der Waals surface area (Å²) >= 11 is 0. The first-order valence-electron chi connectivity index (χ1n) is 7.59. The molecular formula is C18H19FN2O3. The molecule has 0 heterocycles. The molecule has 0 aromatic heterocycles. The fourth-order valence-corrected chi connectivity index (χ4v) is 2.00. The third-order valence-corrected chi connectivity index (χ3v) is 3.18. The lowest BCUT2D eigenvalue weighted by Crippen LogP contribution is -2.39. The van der Waals surface area contributed by atoms with E-state index in [1.165, 1.54) is 12.1 Å². The van der Waals surface area contributed by atoms with Crippen molar-refractivity contribution in [2.24, 2.45) is 0 Å². The molecule has 2 aromatic rings. The molecule has 2 N–H and O–H groups in total. The van der Waals surface area contributed by atoms with Crippen LogP contribution < -0.4 is 15.4 Å². The number of benzene rings is 2. The molecule has 0 aliphatic rings. The molecule has 0 spiro atoms. The Labute approximate surface area is 139 Å². The zero-order valence-electron chi connectivity index (χ0n) is 13.1. The summed E-state index contributed by atoms with van der Waals surface area (Å²) in [6.45, 7) is 0.0966. The average molecular weight is 330 g/mol. The van der Waals surface area contributed by atoms with E-state index in [0.29, 0.717) is 18.7 Å². The van der Waals surface area contributed by atoms with E-state index >= 15 is 0 Å². The summed E-state index contributed by atoms with van der Waals surface area (Å²) in [6, 6.07) is 15.2. The number of halogens is 1. The van der Waals surface area contributed by atoms with Gasteiger partial charge in [-0.05, 0) is 36.2 Å². The predicted octanol–water partition coefficient (Wildman–Crippen LogP) is 1.68. The molecule has 0 bridgehead atoms. The lowest BCUT2D eigenvalue weighted by atomic mass is 10.1. The third kappa shape index (κ3) is 6.48. The Morgan fingerprint density at radius 1 is 0.958 bits per heavy atom. The molecule has 0 atom stereocenters. The maximum absolute atomic E-state index is 13.0. The number of amides is 2. The van der Waals surface area contributed by atoms with Crippen LogP contribution in [0, 0.1) is 5.82 Å². The van der Waals surface area contributed by atoms with Gasteiger partial charge >= 0.3 is 0 Å². The molecule has 0 saturated heterocycles. The number of carbonyl (C=O) groups is 2. The van der Waals surface area contributed by atoms with Gasteiger partial charge in [0.15, 0.2) is 6.61 Å². The average Bonchev–Trinajstić information content (AvgIpc) is 2.59. The van der Waals surface area contributed by atoms with Crippen molar-refractivity contribution in [1.82, 2.24) is 10.6 Å². The molecule has 24 heavy (non-hydrogen) atoms. The molecule has 0 fully saturated rings. The second kappa shape index (κ2) is 9.29. The number of rotatable bonds is 8. The summed E-state index contributed by atoms with van der Waals surface area (Å²) in [6.07, 6.45) is 0.522. The van der Waals surface area contributed by atoms with Crippen molar-refractivity contribution >= 4 is 11.8 Å². The van der Waals surface area contributed by atoms with E-state index in [4.69, 9.17) is 4.74 Å². The number of carbonyl (C=O) groups excluding carboxylic acids is 2. The summed E-state index contributed by atoms with van der Waals surface area (Å²) in [5, 5.41) is 5.14. The largest absolute Gasteiger partial charge is 0.484 e. The van der Waals surface area contributed by atoms with Gasteiger partial charge in [0.2, 0.25) is 5.91 Å². The zero-order chi connectivity index (χ0) is 17.2. The summed E-state index contributed by atoms with van der Waals surface area (Å²) < 4.78 is 18.3. The first-order chi connectivity index (χ1) is 11.6. The maximum Gasteiger partial charge on any atom is 0.258 e. The second-order valence-corrected chi connectivity index (χ2v) is 5.11. The Morgan fingerprint density at radius 2 is 1.75 bits per heavy atom. The van der Waals surface area contributed by atoms with Crippen molar-refractivity contribution in [2.75, 3.05) is 19.7 Å². The topological polar surface area (TPSA) is 67.4 Å². The van der Waals surface area contributed by atoms with Crippen LogP contribution in [0.5, 0.6) is 5.75 Å². The summed E-state index contributed by atoms with van der Waals surface area (Å²) in [4.78, 5) is 23.2. The van der Waals surface area contributed by atoms with Gasteiger partial charge in [-0.3, -0.25) is 9.59 Å². The van der Waals surface area contributed by atoms with Crippen molar-refractivity contribution in [1.29, 1.82) is 0 Å². The molecule has 0 saturated carbocycles. The van der Waals surface area contributed by atoms with Gasteiger partial charge in [0, 0.05) is 6.54 Å². The minimum atomic E-state index is -0.376. The number of hydrogen-bond acceptors (Lipinski definition) is 3. The summed E-state index contributed by atoms with van der Waals surface area (Å²) in [5.41, 5.74) is 0.801. The SMILES string of the molecule is O=C(CNC(=O)COc1ccccc1)NCCc1cccc(F)c1. The number of nitrogens with one attached hydrogen (secondary N) is 2. The molecule has 0 radical (unpaired) electrons. The highest BCUT2D eigenvalue weighted by molar-refractivity contribution is 5.85. The third-order valence-electron chi connectivity index (χ3n) is 3.18. The van der Waals surface area contributed by atoms with Crippen LogP contribution in [0.1, 0.15) is 5.56 Å². The van der Waals surface area contributed by atoms with Crippen molar-refractivity contribution in [3.8, 4) is 5.75 Å². The lowest BCUT2D eigenvalue weighted by molar-refractivity contribution is -0.127. The molecule has 126 valence electrons. The van der Waals surface area contributed by atoms with Crippen molar-refractivity contribution in [3.63, 3.8) is 0 Å². The van der Waals surface area contributed by atoms with Gasteiger partial charge in [-0.25, -0.2) is 4.39 Å². The monoisotopic (exact) mass is 330 g/mol. The van der Waals surface area contributed by atoms with Crippen molar-refractivity contribution in [2.45, 2.75) is 6.42 Å². The summed E-state index contributed by atoms with van der Waals surface area (Å²) in [5.74, 6) is -0.393. The molecule has 5 nitrogen and oxygen atoms in total. The zero-order valence-corrected chi connectivity index (χ0v) is 13.1. The molecule has 0 aliphatic heterocycles. The van der Waals surface area contributed by atoms with Crippen LogP contribution in [-0.2, 0) is 16.0 Å². The van der Waals surface area contributed by atoms with Gasteiger partial charge in [-0.15, -0.1) is 0 Å². The van der Waals surface area contributed by atoms with Gasteiger partial charge < -0.3 is 15.4 Å². The highest BCUT2D eigenvalue weighted by Crippen LogP contribution is 2.07. The van der Waals surface area contributed by atoms with Crippen molar-refractivity contribution < 1.29 is 18.7 Å². The first kappa shape index (κ1) is 17.5. The molecule has 0 aliphatic carbocycles. The molecule has 2 aromatic carbocycles. The van der Waals surface area contributed by atoms with E-state index in [1.54, 1.807) is 36.4 Å². The van der Waals surface area contributed by atoms with Crippen LogP contribution in [0.3, 0.4) is 0 Å². The fourth-order valence-electron chi connectivity index (χ4n) is 2.00. The van der Waals surface area contributed by atoms with E-state index in [2.05, 4.69) is 10.6 Å². The lowest BCUT2D eigenvalue weighted by Gasteiger charge is -2.08. The Morgan fingerprint density at radius 3 is 2.50 bits per heavy atom. The summed E-state index contributed by atoms with van der Waals surface area (Å²) in [7, 11) is 0. The van der Waals surface area contributed by atoms with Crippen LogP contribution in [0.4, 0.5) is 4.39 Å². The minimum absolute atomic E-state index is 0.125. The normalized spacial score (nSPS) is 10.0. The highest BCUT2D eigenvalue weighted by atomic mass is 19.1. The quantitative estimate of drug-likeness (QED) is 0.774. The first-order valence-corrected chi connectivity index (χ1v) is 7.59. The van der Waals surface area contributed by atoms with Gasteiger partial charge in [-0.1, -0.05) is 30.3 Å². The second-order valence-electron chi connectivity index (χ2n) is 5.11. The molecule has 2 amide bonds. The maximum atomic E-state index is 13.0. The van der Waals surface area contributed by atoms with Gasteiger partial charge in [0.25, 0.3) is 5.91 Å². The van der Waals surface area contributed by atoms with Crippen LogP contribution in [0.25, 0.3) is 0 Å². The minimum Gasteiger partial charge on any atom is -0.484 e. The van der Waals surface area contributed by atoms with E-state index in [0.717, 1.165) is 5.56 Å². The Bertz CT molecular complexity index is 677. The Balaban J connectivity index is 1.59. The van der Waals surface area contributed by atoms with Crippen LogP contribution in [-0.4, -0.2) is 31.5 Å². The van der Waals surface area contributed by atoms with Crippen LogP contribution >= 0.6 is 0 Å². The van der Waals surface area contributed by atoms with E-state index in [9.17, 15) is 14.0 Å². The molecule has 6 heteroatoms. The van der Waals surface area contributed by atoms with Gasteiger partial charge in [-0.2, -0.15) is 0 Å². The van der Waals surface area contributed by atoms with E-state index in [-0.39, 0.29) is 30.8 Å². The van der Waals surface area contributed by atoms with Gasteiger partial charge in [0.1, 0.15) is 11.6 Å². The molecular weight excluding hydrogens is 311 g/mol. The number of para-hydroxylation sites is 1. The van der Waals surface area contributed by atoms with Crippen LogP contribution in [0.2, 0.25) is 0 Å². The fraction of sp³-hybridized carbons (Fsp3) is 0.222. The van der Waals surface area contributed by atoms with Crippen molar-refractivity contribution in [3.05, 3.63) is 66.0 Å². The smallest absolute Gasteiger partial charge is 0.258 e. The van der Waals surface area contributed by atoms with E-state index < -0.39 is 0 Å². The predicted molar refractivity (Wildman–Crippen MR) is 88.1 cm³/mol. The van der Waals surface area contributed by atoms with E-state index in [1.807, 2.05) is 6.07 Å². The standard InChI is InChI=1S/C18H19FN2O3/c19-15-6-4-5-14(11-15)9-10-20-17(22)12-21-18(23)13-24-16-7-2-1-3-8-16/h1-8,11H,9-10,12-13H2,(H,20,22)(H,21,23). The molecule has 0 unspecified atom stereocenters. The Hall–Kier alpha value is -2.89. The number of hydrogen-bond donors (Lipinski definition) is 2. The highest BCUT2D eigenvalue weighted by Gasteiger charge is 2.06. The Kier molecular flexibility index (Phi) is 6.76. The molecule has 2 rings (SSSR count). The van der Waals surface area contributed by atoms with Gasteiger partial charge in [0.05, 0.1) is 6.54 Å². The number of ether oxygens (including phenoxy) is 1.